The normalized spacial score (nSPS) is 9.40. The van der Waals surface area contributed by atoms with Crippen LogP contribution in [0.1, 0.15) is 0 Å². The van der Waals surface area contributed by atoms with E-state index in [1.54, 1.807) is 0 Å². The predicted molar refractivity (Wildman–Crippen MR) is 33.5 cm³/mol. The minimum absolute atomic E-state index is 0.192. The van der Waals surface area contributed by atoms with E-state index in [4.69, 9.17) is 5.11 Å². The molecule has 2 nitrogen and oxygen atoms in total. The second-order valence-electron chi connectivity index (χ2n) is 1.75. The number of hydrogen-bond acceptors (Lipinski definition) is 2. The molecule has 0 fully saturated rings. The molecule has 0 saturated heterocycles. The SMILES string of the molecule is COc1[c]c(O)cc(F)c1. The van der Waals surface area contributed by atoms with Crippen LogP contribution in [-0.2, 0) is 0 Å². The van der Waals surface area contributed by atoms with Gasteiger partial charge in [0.25, 0.3) is 0 Å². The van der Waals surface area contributed by atoms with Crippen molar-refractivity contribution in [2.75, 3.05) is 7.11 Å². The number of benzene rings is 1. The van der Waals surface area contributed by atoms with Gasteiger partial charge in [0.2, 0.25) is 0 Å². The van der Waals surface area contributed by atoms with Gasteiger partial charge in [-0.3, -0.25) is 0 Å². The molecule has 0 aliphatic rings. The van der Waals surface area contributed by atoms with Crippen molar-refractivity contribution >= 4 is 0 Å². The van der Waals surface area contributed by atoms with Gasteiger partial charge in [0, 0.05) is 12.1 Å². The van der Waals surface area contributed by atoms with Gasteiger partial charge in [0.1, 0.15) is 17.3 Å². The van der Waals surface area contributed by atoms with E-state index in [1.165, 1.54) is 7.11 Å². The monoisotopic (exact) mass is 141 g/mol. The summed E-state index contributed by atoms with van der Waals surface area (Å²) in [6.07, 6.45) is 0. The Hall–Kier alpha value is -1.25. The highest BCUT2D eigenvalue weighted by Crippen LogP contribution is 2.18. The highest BCUT2D eigenvalue weighted by molar-refractivity contribution is 5.30. The molecule has 1 radical (unpaired) electrons. The molecule has 53 valence electrons. The third kappa shape index (κ3) is 1.37. The van der Waals surface area contributed by atoms with Crippen molar-refractivity contribution in [1.29, 1.82) is 0 Å². The van der Waals surface area contributed by atoms with Crippen LogP contribution in [0.5, 0.6) is 11.5 Å². The van der Waals surface area contributed by atoms with E-state index < -0.39 is 5.82 Å². The van der Waals surface area contributed by atoms with Gasteiger partial charge in [-0.2, -0.15) is 0 Å². The summed E-state index contributed by atoms with van der Waals surface area (Å²) >= 11 is 0. The van der Waals surface area contributed by atoms with Crippen molar-refractivity contribution in [3.05, 3.63) is 24.0 Å². The van der Waals surface area contributed by atoms with E-state index in [9.17, 15) is 4.39 Å². The van der Waals surface area contributed by atoms with E-state index in [2.05, 4.69) is 10.8 Å². The van der Waals surface area contributed by atoms with Crippen LogP contribution in [0, 0.1) is 11.9 Å². The molecule has 1 aromatic carbocycles. The molecule has 0 saturated carbocycles. The summed E-state index contributed by atoms with van der Waals surface area (Å²) in [5.41, 5.74) is 0. The minimum atomic E-state index is -0.534. The Labute approximate surface area is 57.9 Å². The van der Waals surface area contributed by atoms with Crippen molar-refractivity contribution < 1.29 is 14.2 Å². The maximum absolute atomic E-state index is 12.4. The van der Waals surface area contributed by atoms with E-state index in [0.717, 1.165) is 12.1 Å². The second kappa shape index (κ2) is 2.56. The summed E-state index contributed by atoms with van der Waals surface area (Å²) in [6, 6.07) is 4.49. The number of ether oxygens (including phenoxy) is 1. The summed E-state index contributed by atoms with van der Waals surface area (Å²) in [7, 11) is 1.38. The number of hydrogen-bond donors (Lipinski definition) is 1. The summed E-state index contributed by atoms with van der Waals surface area (Å²) in [5.74, 6) is -0.595. The van der Waals surface area contributed by atoms with Gasteiger partial charge in [-0.15, -0.1) is 0 Å². The molecule has 0 amide bonds. The number of phenolic OH excluding ortho intramolecular Hbond substituents is 1. The zero-order chi connectivity index (χ0) is 7.56. The molecule has 1 aromatic rings. The number of phenols is 1. The summed E-state index contributed by atoms with van der Waals surface area (Å²) < 4.78 is 17.0. The van der Waals surface area contributed by atoms with Crippen molar-refractivity contribution in [1.82, 2.24) is 0 Å². The second-order valence-corrected chi connectivity index (χ2v) is 1.75. The molecule has 0 aromatic heterocycles. The van der Waals surface area contributed by atoms with Crippen LogP contribution in [0.2, 0.25) is 0 Å². The molecule has 0 heterocycles. The zero-order valence-corrected chi connectivity index (χ0v) is 5.39. The maximum Gasteiger partial charge on any atom is 0.133 e. The van der Waals surface area contributed by atoms with E-state index in [-0.39, 0.29) is 11.5 Å². The van der Waals surface area contributed by atoms with Crippen LogP contribution in [0.15, 0.2) is 12.1 Å². The number of halogens is 1. The lowest BCUT2D eigenvalue weighted by molar-refractivity contribution is 0.401. The fraction of sp³-hybridized carbons (Fsp3) is 0.143. The Morgan fingerprint density at radius 3 is 2.80 bits per heavy atom. The first kappa shape index (κ1) is 6.86. The molecular formula is C7H6FO2. The van der Waals surface area contributed by atoms with Crippen molar-refractivity contribution in [2.24, 2.45) is 0 Å². The number of aromatic hydroxyl groups is 1. The Morgan fingerprint density at radius 2 is 2.30 bits per heavy atom. The van der Waals surface area contributed by atoms with Gasteiger partial charge in [0.15, 0.2) is 0 Å². The molecule has 0 aliphatic heterocycles. The van der Waals surface area contributed by atoms with Crippen molar-refractivity contribution in [3.8, 4) is 11.5 Å². The topological polar surface area (TPSA) is 29.5 Å². The first-order chi connectivity index (χ1) is 4.72. The lowest BCUT2D eigenvalue weighted by Crippen LogP contribution is -1.83. The highest BCUT2D eigenvalue weighted by atomic mass is 19.1. The van der Waals surface area contributed by atoms with Gasteiger partial charge >= 0.3 is 0 Å². The molecule has 1 N–H and O–H groups in total. The lowest BCUT2D eigenvalue weighted by Gasteiger charge is -1.98. The Bertz CT molecular complexity index is 215. The molecule has 0 atom stereocenters. The first-order valence-corrected chi connectivity index (χ1v) is 2.68. The van der Waals surface area contributed by atoms with Crippen LogP contribution < -0.4 is 4.74 Å². The predicted octanol–water partition coefficient (Wildman–Crippen LogP) is 1.34. The van der Waals surface area contributed by atoms with Crippen LogP contribution >= 0.6 is 0 Å². The molecule has 0 unspecified atom stereocenters. The number of rotatable bonds is 1. The number of methoxy groups -OCH3 is 1. The van der Waals surface area contributed by atoms with Crippen LogP contribution in [0.3, 0.4) is 0 Å². The van der Waals surface area contributed by atoms with Crippen molar-refractivity contribution in [2.45, 2.75) is 0 Å². The summed E-state index contributed by atoms with van der Waals surface area (Å²) in [5, 5.41) is 8.75. The molecule has 0 spiro atoms. The average Bonchev–Trinajstić information content (AvgIpc) is 1.85. The Kier molecular flexibility index (Phi) is 1.76. The van der Waals surface area contributed by atoms with E-state index in [0.29, 0.717) is 0 Å². The van der Waals surface area contributed by atoms with Gasteiger partial charge in [0.05, 0.1) is 13.2 Å². The third-order valence-electron chi connectivity index (χ3n) is 1.01. The van der Waals surface area contributed by atoms with Gasteiger partial charge < -0.3 is 9.84 Å². The van der Waals surface area contributed by atoms with Crippen LogP contribution in [0.4, 0.5) is 4.39 Å². The summed E-state index contributed by atoms with van der Waals surface area (Å²) in [4.78, 5) is 0. The first-order valence-electron chi connectivity index (χ1n) is 2.68. The quantitative estimate of drug-likeness (QED) is 0.639. The highest BCUT2D eigenvalue weighted by Gasteiger charge is 1.98. The Morgan fingerprint density at radius 1 is 1.60 bits per heavy atom. The molecular weight excluding hydrogens is 135 g/mol. The third-order valence-corrected chi connectivity index (χ3v) is 1.01. The smallest absolute Gasteiger partial charge is 0.133 e. The lowest BCUT2D eigenvalue weighted by atomic mass is 10.3. The molecule has 0 bridgehead atoms. The average molecular weight is 141 g/mol. The largest absolute Gasteiger partial charge is 0.507 e. The van der Waals surface area contributed by atoms with Crippen LogP contribution in [0.25, 0.3) is 0 Å². The molecule has 10 heavy (non-hydrogen) atoms. The summed E-state index contributed by atoms with van der Waals surface area (Å²) in [6.45, 7) is 0. The van der Waals surface area contributed by atoms with Crippen LogP contribution in [-0.4, -0.2) is 12.2 Å². The molecule has 1 rings (SSSR count). The minimum Gasteiger partial charge on any atom is -0.507 e. The van der Waals surface area contributed by atoms with E-state index in [1.807, 2.05) is 0 Å². The zero-order valence-electron chi connectivity index (χ0n) is 5.39. The fourth-order valence-corrected chi connectivity index (χ4v) is 0.606. The standard InChI is InChI=1S/C7H6FO2/c1-10-7-3-5(8)2-6(9)4-7/h2-3,9H,1H3. The molecule has 3 heteroatoms. The van der Waals surface area contributed by atoms with Crippen molar-refractivity contribution in [3.63, 3.8) is 0 Å². The van der Waals surface area contributed by atoms with E-state index >= 15 is 0 Å². The maximum atomic E-state index is 12.4. The van der Waals surface area contributed by atoms with Gasteiger partial charge in [-0.05, 0) is 0 Å². The Balaban J connectivity index is 3.06. The molecule has 0 aliphatic carbocycles. The fourth-order valence-electron chi connectivity index (χ4n) is 0.606. The van der Waals surface area contributed by atoms with Gasteiger partial charge in [-0.25, -0.2) is 4.39 Å². The van der Waals surface area contributed by atoms with Gasteiger partial charge in [-0.1, -0.05) is 0 Å².